The lowest BCUT2D eigenvalue weighted by Crippen LogP contribution is -2.42. The predicted molar refractivity (Wildman–Crippen MR) is 98.1 cm³/mol. The summed E-state index contributed by atoms with van der Waals surface area (Å²) in [6.07, 6.45) is 3.57. The first-order chi connectivity index (χ1) is 11.5. The van der Waals surface area contributed by atoms with Crippen LogP contribution in [0.4, 0.5) is 4.79 Å². The van der Waals surface area contributed by atoms with E-state index in [1.54, 1.807) is 4.90 Å². The molecule has 7 nitrogen and oxygen atoms in total. The van der Waals surface area contributed by atoms with Gasteiger partial charge in [0.1, 0.15) is 12.8 Å². The molecule has 0 aromatic carbocycles. The van der Waals surface area contributed by atoms with Gasteiger partial charge in [0.05, 0.1) is 7.11 Å². The first kappa shape index (κ1) is 27.2. The molecular formula is C17H37N3O4. The van der Waals surface area contributed by atoms with E-state index in [4.69, 9.17) is 0 Å². The highest BCUT2D eigenvalue weighted by Gasteiger charge is 2.28. The molecule has 7 heteroatoms. The van der Waals surface area contributed by atoms with Gasteiger partial charge < -0.3 is 25.1 Å². The fraction of sp³-hybridized carbons (Fsp3) is 0.824. The maximum absolute atomic E-state index is 11.7. The van der Waals surface area contributed by atoms with Crippen LogP contribution in [0, 0.1) is 0 Å². The largest absolute Gasteiger partial charge is 0.453 e. The van der Waals surface area contributed by atoms with Crippen LogP contribution in [0.5, 0.6) is 0 Å². The lowest BCUT2D eigenvalue weighted by Gasteiger charge is -2.23. The van der Waals surface area contributed by atoms with Crippen molar-refractivity contribution < 1.29 is 19.1 Å². The van der Waals surface area contributed by atoms with Crippen LogP contribution in [0.3, 0.4) is 0 Å². The van der Waals surface area contributed by atoms with Gasteiger partial charge in [-0.1, -0.05) is 34.1 Å². The highest BCUT2D eigenvalue weighted by atomic mass is 16.5. The summed E-state index contributed by atoms with van der Waals surface area (Å²) in [5, 5.41) is 5.08. The van der Waals surface area contributed by atoms with Crippen molar-refractivity contribution in [1.82, 2.24) is 15.5 Å². The Morgan fingerprint density at radius 3 is 2.17 bits per heavy atom. The number of hydrogen-bond donors (Lipinski definition) is 2. The second-order valence-electron chi connectivity index (χ2n) is 4.84. The maximum atomic E-state index is 11.7. The SMILES string of the molecule is CC.CCC.CNC.COC(=O)NCC(=O)N1CCCC1CC=O. The predicted octanol–water partition coefficient (Wildman–Crippen LogP) is 2.20. The van der Waals surface area contributed by atoms with Crippen LogP contribution in [-0.2, 0) is 14.3 Å². The van der Waals surface area contributed by atoms with Crippen molar-refractivity contribution in [3.05, 3.63) is 0 Å². The number of methoxy groups -OCH3 is 1. The Morgan fingerprint density at radius 1 is 1.25 bits per heavy atom. The van der Waals surface area contributed by atoms with E-state index in [-0.39, 0.29) is 18.5 Å². The summed E-state index contributed by atoms with van der Waals surface area (Å²) in [5.74, 6) is -0.172. The molecule has 24 heavy (non-hydrogen) atoms. The van der Waals surface area contributed by atoms with E-state index in [0.29, 0.717) is 13.0 Å². The van der Waals surface area contributed by atoms with Crippen molar-refractivity contribution in [2.45, 2.75) is 59.4 Å². The van der Waals surface area contributed by atoms with Crippen LogP contribution in [-0.4, -0.2) is 63.5 Å². The van der Waals surface area contributed by atoms with Gasteiger partial charge >= 0.3 is 6.09 Å². The lowest BCUT2D eigenvalue weighted by molar-refractivity contribution is -0.131. The van der Waals surface area contributed by atoms with E-state index in [1.165, 1.54) is 13.5 Å². The summed E-state index contributed by atoms with van der Waals surface area (Å²) in [7, 11) is 4.99. The van der Waals surface area contributed by atoms with Crippen LogP contribution in [0.25, 0.3) is 0 Å². The molecule has 1 aliphatic heterocycles. The Morgan fingerprint density at radius 2 is 1.75 bits per heavy atom. The Bertz CT molecular complexity index is 310. The Labute approximate surface area is 147 Å². The van der Waals surface area contributed by atoms with Crippen LogP contribution < -0.4 is 10.6 Å². The molecule has 1 heterocycles. The third-order valence-electron chi connectivity index (χ3n) is 2.64. The summed E-state index contributed by atoms with van der Waals surface area (Å²) in [6.45, 7) is 8.82. The first-order valence-corrected chi connectivity index (χ1v) is 8.65. The number of amides is 2. The maximum Gasteiger partial charge on any atom is 0.407 e. The molecule has 2 amide bonds. The number of hydrogen-bond acceptors (Lipinski definition) is 5. The second-order valence-corrected chi connectivity index (χ2v) is 4.84. The molecule has 1 aliphatic rings. The van der Waals surface area contributed by atoms with E-state index in [9.17, 15) is 14.4 Å². The van der Waals surface area contributed by atoms with Gasteiger partial charge in [-0.2, -0.15) is 0 Å². The number of aldehydes is 1. The number of nitrogens with one attached hydrogen (secondary N) is 2. The van der Waals surface area contributed by atoms with Crippen LogP contribution in [0.2, 0.25) is 0 Å². The summed E-state index contributed by atoms with van der Waals surface area (Å²) in [5.41, 5.74) is 0. The van der Waals surface area contributed by atoms with Crippen molar-refractivity contribution >= 4 is 18.3 Å². The highest BCUT2D eigenvalue weighted by molar-refractivity contribution is 5.82. The minimum atomic E-state index is -0.625. The number of carbonyl (C=O) groups excluding carboxylic acids is 3. The smallest absolute Gasteiger partial charge is 0.407 e. The molecule has 1 rings (SSSR count). The van der Waals surface area contributed by atoms with Crippen LogP contribution in [0.15, 0.2) is 0 Å². The highest BCUT2D eigenvalue weighted by Crippen LogP contribution is 2.18. The molecule has 1 atom stereocenters. The number of likely N-dealkylation sites (tertiary alicyclic amines) is 1. The zero-order valence-corrected chi connectivity index (χ0v) is 16.5. The summed E-state index contributed by atoms with van der Waals surface area (Å²) < 4.78 is 4.36. The molecule has 0 aliphatic carbocycles. The summed E-state index contributed by atoms with van der Waals surface area (Å²) >= 11 is 0. The molecular weight excluding hydrogens is 310 g/mol. The zero-order valence-electron chi connectivity index (χ0n) is 16.5. The van der Waals surface area contributed by atoms with Gasteiger partial charge in [-0.3, -0.25) is 4.79 Å². The van der Waals surface area contributed by atoms with E-state index < -0.39 is 6.09 Å². The van der Waals surface area contributed by atoms with Gasteiger partial charge in [-0.05, 0) is 26.9 Å². The molecule has 0 radical (unpaired) electrons. The first-order valence-electron chi connectivity index (χ1n) is 8.65. The van der Waals surface area contributed by atoms with Gasteiger partial charge in [0.2, 0.25) is 5.91 Å². The monoisotopic (exact) mass is 347 g/mol. The van der Waals surface area contributed by atoms with E-state index in [2.05, 4.69) is 29.2 Å². The topological polar surface area (TPSA) is 87.7 Å². The zero-order chi connectivity index (χ0) is 19.4. The number of alkyl carbamates (subject to hydrolysis) is 1. The molecule has 2 N–H and O–H groups in total. The average molecular weight is 348 g/mol. The Balaban J connectivity index is -0.000000470. The van der Waals surface area contributed by atoms with Crippen molar-refractivity contribution in [3.8, 4) is 0 Å². The minimum absolute atomic E-state index is 0.00977. The lowest BCUT2D eigenvalue weighted by atomic mass is 10.1. The molecule has 1 saturated heterocycles. The molecule has 144 valence electrons. The van der Waals surface area contributed by atoms with Gasteiger partial charge in [0.25, 0.3) is 0 Å². The summed E-state index contributed by atoms with van der Waals surface area (Å²) in [6, 6.07) is -0.00977. The number of nitrogens with zero attached hydrogens (tertiary/aromatic N) is 1. The molecule has 0 aromatic heterocycles. The van der Waals surface area contributed by atoms with Crippen molar-refractivity contribution in [3.63, 3.8) is 0 Å². The number of rotatable bonds is 4. The Kier molecular flexibility index (Phi) is 24.2. The Hall–Kier alpha value is -1.63. The average Bonchev–Trinajstić information content (AvgIpc) is 3.04. The van der Waals surface area contributed by atoms with Crippen molar-refractivity contribution in [1.29, 1.82) is 0 Å². The van der Waals surface area contributed by atoms with Crippen LogP contribution in [0.1, 0.15) is 53.4 Å². The van der Waals surface area contributed by atoms with E-state index in [0.717, 1.165) is 19.1 Å². The number of carbonyl (C=O) groups is 3. The van der Waals surface area contributed by atoms with Gasteiger partial charge in [0.15, 0.2) is 0 Å². The quantitative estimate of drug-likeness (QED) is 0.761. The molecule has 1 fully saturated rings. The third kappa shape index (κ3) is 15.3. The van der Waals surface area contributed by atoms with Gasteiger partial charge in [-0.15, -0.1) is 0 Å². The third-order valence-corrected chi connectivity index (χ3v) is 2.64. The standard InChI is InChI=1S/C10H16N2O4.C3H8.C2H7N.C2H6/c1-16-10(15)11-7-9(14)12-5-2-3-8(12)4-6-13;2*1-3-2;1-2/h6,8H,2-5,7H2,1H3,(H,11,15);3H2,1-2H3;3H,1-2H3;1-2H3. The fourth-order valence-corrected chi connectivity index (χ4v) is 1.84. The number of ether oxygens (including phenoxy) is 1. The van der Waals surface area contributed by atoms with E-state index >= 15 is 0 Å². The molecule has 0 aromatic rings. The van der Waals surface area contributed by atoms with Gasteiger partial charge in [-0.25, -0.2) is 4.79 Å². The normalized spacial score (nSPS) is 14.6. The minimum Gasteiger partial charge on any atom is -0.453 e. The van der Waals surface area contributed by atoms with Crippen molar-refractivity contribution in [2.24, 2.45) is 0 Å². The molecule has 0 saturated carbocycles. The van der Waals surface area contributed by atoms with Gasteiger partial charge in [0, 0.05) is 19.0 Å². The fourth-order valence-electron chi connectivity index (χ4n) is 1.84. The molecule has 0 bridgehead atoms. The molecule has 1 unspecified atom stereocenters. The molecule has 0 spiro atoms. The second kappa shape index (κ2) is 21.4. The van der Waals surface area contributed by atoms with E-state index in [1.807, 2.05) is 27.9 Å². The van der Waals surface area contributed by atoms with Crippen LogP contribution >= 0.6 is 0 Å². The summed E-state index contributed by atoms with van der Waals surface area (Å²) in [4.78, 5) is 34.5. The van der Waals surface area contributed by atoms with Crippen molar-refractivity contribution in [2.75, 3.05) is 34.3 Å².